The van der Waals surface area contributed by atoms with E-state index < -0.39 is 4.92 Å². The molecule has 2 rings (SSSR count). The van der Waals surface area contributed by atoms with Crippen LogP contribution in [0.2, 0.25) is 0 Å². The van der Waals surface area contributed by atoms with E-state index in [2.05, 4.69) is 20.2 Å². The van der Waals surface area contributed by atoms with Gasteiger partial charge in [-0.2, -0.15) is 0 Å². The highest BCUT2D eigenvalue weighted by Gasteiger charge is 2.36. The van der Waals surface area contributed by atoms with Crippen LogP contribution in [0, 0.1) is 10.1 Å². The monoisotopic (exact) mass is 280 g/mol. The molecule has 1 saturated carbocycles. The van der Waals surface area contributed by atoms with Crippen molar-refractivity contribution in [3.8, 4) is 0 Å². The van der Waals surface area contributed by atoms with Crippen LogP contribution >= 0.6 is 0 Å². The zero-order chi connectivity index (χ0) is 14.8. The van der Waals surface area contributed by atoms with E-state index in [1.807, 2.05) is 14.1 Å². The van der Waals surface area contributed by atoms with Gasteiger partial charge < -0.3 is 16.0 Å². The second kappa shape index (κ2) is 5.58. The van der Waals surface area contributed by atoms with E-state index in [1.54, 1.807) is 0 Å². The van der Waals surface area contributed by atoms with Crippen LogP contribution in [-0.2, 0) is 0 Å². The minimum atomic E-state index is -0.547. The van der Waals surface area contributed by atoms with Gasteiger partial charge >= 0.3 is 5.69 Å². The van der Waals surface area contributed by atoms with Gasteiger partial charge in [-0.3, -0.25) is 10.1 Å². The van der Waals surface area contributed by atoms with Crippen molar-refractivity contribution in [3.63, 3.8) is 0 Å². The molecule has 0 saturated heterocycles. The van der Waals surface area contributed by atoms with Crippen LogP contribution < -0.4 is 11.1 Å². The van der Waals surface area contributed by atoms with E-state index in [4.69, 9.17) is 5.73 Å². The lowest BCUT2D eigenvalue weighted by Gasteiger charge is -2.36. The molecule has 1 aromatic rings. The van der Waals surface area contributed by atoms with Crippen LogP contribution in [0.5, 0.6) is 0 Å². The van der Waals surface area contributed by atoms with Gasteiger partial charge in [0.05, 0.1) is 4.92 Å². The summed E-state index contributed by atoms with van der Waals surface area (Å²) in [4.78, 5) is 20.3. The van der Waals surface area contributed by atoms with Gasteiger partial charge in [-0.15, -0.1) is 0 Å². The van der Waals surface area contributed by atoms with E-state index >= 15 is 0 Å². The third-order valence-electron chi connectivity index (χ3n) is 4.10. The predicted octanol–water partition coefficient (Wildman–Crippen LogP) is 1.25. The largest absolute Gasteiger partial charge is 0.378 e. The van der Waals surface area contributed by atoms with Gasteiger partial charge in [-0.25, -0.2) is 9.97 Å². The fraction of sp³-hybridized carbons (Fsp3) is 0.667. The van der Waals surface area contributed by atoms with E-state index in [-0.39, 0.29) is 22.9 Å². The SMILES string of the molecule is CN(C)C1(CNc2ncnc(N)c2[N+](=O)[O-])CCCC1. The first-order chi connectivity index (χ1) is 9.46. The lowest BCUT2D eigenvalue weighted by atomic mass is 9.96. The number of nitrogens with two attached hydrogens (primary N) is 1. The minimum Gasteiger partial charge on any atom is -0.378 e. The molecular weight excluding hydrogens is 260 g/mol. The number of nitrogens with one attached hydrogen (secondary N) is 1. The number of rotatable bonds is 5. The van der Waals surface area contributed by atoms with Gasteiger partial charge in [-0.1, -0.05) is 12.8 Å². The van der Waals surface area contributed by atoms with Gasteiger partial charge in [0.25, 0.3) is 0 Å². The molecule has 0 atom stereocenters. The maximum Gasteiger partial charge on any atom is 0.352 e. The molecule has 3 N–H and O–H groups in total. The second-order valence-electron chi connectivity index (χ2n) is 5.39. The molecule has 0 unspecified atom stereocenters. The molecule has 0 aliphatic heterocycles. The molecule has 20 heavy (non-hydrogen) atoms. The molecule has 1 fully saturated rings. The Bertz CT molecular complexity index is 499. The number of aromatic nitrogens is 2. The Hall–Kier alpha value is -1.96. The molecule has 0 aromatic carbocycles. The predicted molar refractivity (Wildman–Crippen MR) is 76.5 cm³/mol. The summed E-state index contributed by atoms with van der Waals surface area (Å²) < 4.78 is 0. The number of anilines is 2. The van der Waals surface area contributed by atoms with Crippen molar-refractivity contribution in [3.05, 3.63) is 16.4 Å². The number of hydrogen-bond donors (Lipinski definition) is 2. The highest BCUT2D eigenvalue weighted by molar-refractivity contribution is 5.67. The quantitative estimate of drug-likeness (QED) is 0.617. The van der Waals surface area contributed by atoms with Crippen molar-refractivity contribution in [2.24, 2.45) is 0 Å². The van der Waals surface area contributed by atoms with Crippen molar-refractivity contribution in [2.45, 2.75) is 31.2 Å². The zero-order valence-corrected chi connectivity index (χ0v) is 11.8. The average molecular weight is 280 g/mol. The molecule has 0 spiro atoms. The topological polar surface area (TPSA) is 110 Å². The number of hydrogen-bond acceptors (Lipinski definition) is 7. The van der Waals surface area contributed by atoms with Crippen LogP contribution in [0.3, 0.4) is 0 Å². The van der Waals surface area contributed by atoms with Gasteiger partial charge in [0.1, 0.15) is 6.33 Å². The Morgan fingerprint density at radius 2 is 2.10 bits per heavy atom. The summed E-state index contributed by atoms with van der Waals surface area (Å²) in [5.41, 5.74) is 5.33. The number of likely N-dealkylation sites (N-methyl/N-ethyl adjacent to an activating group) is 1. The Kier molecular flexibility index (Phi) is 4.03. The van der Waals surface area contributed by atoms with Crippen LogP contribution in [-0.4, -0.2) is 46.0 Å². The van der Waals surface area contributed by atoms with E-state index in [9.17, 15) is 10.1 Å². The molecule has 1 heterocycles. The minimum absolute atomic E-state index is 0.0214. The van der Waals surface area contributed by atoms with Crippen LogP contribution in [0.4, 0.5) is 17.3 Å². The first kappa shape index (κ1) is 14.4. The van der Waals surface area contributed by atoms with Crippen molar-refractivity contribution in [1.29, 1.82) is 0 Å². The highest BCUT2D eigenvalue weighted by atomic mass is 16.6. The molecule has 8 nitrogen and oxygen atoms in total. The smallest absolute Gasteiger partial charge is 0.352 e. The summed E-state index contributed by atoms with van der Waals surface area (Å²) in [7, 11) is 4.07. The summed E-state index contributed by atoms with van der Waals surface area (Å²) in [5, 5.41) is 14.1. The Morgan fingerprint density at radius 3 is 2.65 bits per heavy atom. The Labute approximate surface area is 117 Å². The lowest BCUT2D eigenvalue weighted by Crippen LogP contribution is -2.47. The van der Waals surface area contributed by atoms with Crippen molar-refractivity contribution < 1.29 is 4.92 Å². The number of nitrogen functional groups attached to an aromatic ring is 1. The van der Waals surface area contributed by atoms with Gasteiger partial charge in [-0.05, 0) is 26.9 Å². The molecule has 1 aromatic heterocycles. The Balaban J connectivity index is 2.19. The van der Waals surface area contributed by atoms with Crippen LogP contribution in [0.25, 0.3) is 0 Å². The fourth-order valence-electron chi connectivity index (χ4n) is 2.77. The molecule has 1 aliphatic carbocycles. The molecule has 8 heteroatoms. The van der Waals surface area contributed by atoms with E-state index in [1.165, 1.54) is 19.2 Å². The van der Waals surface area contributed by atoms with Crippen LogP contribution in [0.15, 0.2) is 6.33 Å². The lowest BCUT2D eigenvalue weighted by molar-refractivity contribution is -0.383. The van der Waals surface area contributed by atoms with Crippen molar-refractivity contribution in [2.75, 3.05) is 31.7 Å². The summed E-state index contributed by atoms with van der Waals surface area (Å²) >= 11 is 0. The third-order valence-corrected chi connectivity index (χ3v) is 4.10. The highest BCUT2D eigenvalue weighted by Crippen LogP contribution is 2.35. The van der Waals surface area contributed by atoms with Crippen molar-refractivity contribution in [1.82, 2.24) is 14.9 Å². The normalized spacial score (nSPS) is 17.4. The van der Waals surface area contributed by atoms with Gasteiger partial charge in [0.15, 0.2) is 0 Å². The molecule has 110 valence electrons. The molecular formula is C12H20N6O2. The third kappa shape index (κ3) is 2.64. The average Bonchev–Trinajstić information content (AvgIpc) is 2.86. The molecule has 1 aliphatic rings. The summed E-state index contributed by atoms with van der Waals surface area (Å²) in [6.45, 7) is 0.608. The van der Waals surface area contributed by atoms with E-state index in [0.717, 1.165) is 12.8 Å². The standard InChI is InChI=1S/C12H20N6O2/c1-17(2)12(5-3-4-6-12)7-14-11-9(18(19)20)10(13)15-8-16-11/h8H,3-7H2,1-2H3,(H3,13,14,15,16). The molecule has 0 radical (unpaired) electrons. The summed E-state index contributed by atoms with van der Waals surface area (Å²) in [6, 6.07) is 0. The summed E-state index contributed by atoms with van der Waals surface area (Å²) in [5.74, 6) is 0.0773. The number of nitro groups is 1. The van der Waals surface area contributed by atoms with Gasteiger partial charge in [0.2, 0.25) is 11.6 Å². The molecule has 0 bridgehead atoms. The number of nitrogens with zero attached hydrogens (tertiary/aromatic N) is 4. The maximum absolute atomic E-state index is 11.0. The maximum atomic E-state index is 11.0. The first-order valence-corrected chi connectivity index (χ1v) is 6.62. The Morgan fingerprint density at radius 1 is 1.45 bits per heavy atom. The first-order valence-electron chi connectivity index (χ1n) is 6.62. The fourth-order valence-corrected chi connectivity index (χ4v) is 2.77. The van der Waals surface area contributed by atoms with Crippen molar-refractivity contribution >= 4 is 17.3 Å². The zero-order valence-electron chi connectivity index (χ0n) is 11.8. The summed E-state index contributed by atoms with van der Waals surface area (Å²) in [6.07, 6.45) is 5.73. The molecule has 0 amide bonds. The second-order valence-corrected chi connectivity index (χ2v) is 5.39. The van der Waals surface area contributed by atoms with Gasteiger partial charge in [0, 0.05) is 12.1 Å². The van der Waals surface area contributed by atoms with Crippen LogP contribution in [0.1, 0.15) is 25.7 Å². The van der Waals surface area contributed by atoms with E-state index in [0.29, 0.717) is 6.54 Å².